The fraction of sp³-hybridized carbons (Fsp3) is 0.420. The number of rotatable bonds is 13. The lowest BCUT2D eigenvalue weighted by Gasteiger charge is -2.38. The minimum Gasteiger partial charge on any atom is -0.493 e. The molecule has 16 heteroatoms. The zero-order valence-corrected chi connectivity index (χ0v) is 37.6. The number of imide groups is 1. The lowest BCUT2D eigenvalue weighted by atomic mass is 9.92. The van der Waals surface area contributed by atoms with Crippen molar-refractivity contribution in [2.24, 2.45) is 18.7 Å². The number of hydrogen-bond acceptors (Lipinski definition) is 11. The predicted octanol–water partition coefficient (Wildman–Crippen LogP) is 5.04. The van der Waals surface area contributed by atoms with E-state index in [1.807, 2.05) is 72.3 Å². The Morgan fingerprint density at radius 1 is 0.879 bits per heavy atom. The number of aromatic carboxylic acids is 1. The molecule has 0 radical (unpaired) electrons. The lowest BCUT2D eigenvalue weighted by Crippen LogP contribution is -2.52. The van der Waals surface area contributed by atoms with Gasteiger partial charge in [-0.1, -0.05) is 24.3 Å². The van der Waals surface area contributed by atoms with E-state index in [-0.39, 0.29) is 23.4 Å². The molecule has 0 bridgehead atoms. The highest BCUT2D eigenvalue weighted by molar-refractivity contribution is 6.03. The maximum absolute atomic E-state index is 13.4. The van der Waals surface area contributed by atoms with Gasteiger partial charge in [0.1, 0.15) is 11.6 Å². The Bertz CT molecular complexity index is 2700. The molecule has 0 saturated carbocycles. The molecule has 1 unspecified atom stereocenters. The van der Waals surface area contributed by atoms with E-state index in [4.69, 9.17) is 10.5 Å². The second kappa shape index (κ2) is 19.0. The summed E-state index contributed by atoms with van der Waals surface area (Å²) in [6.45, 7) is 8.52. The van der Waals surface area contributed by atoms with E-state index < -0.39 is 17.8 Å². The van der Waals surface area contributed by atoms with Crippen molar-refractivity contribution in [1.29, 1.82) is 0 Å². The van der Waals surface area contributed by atoms with E-state index >= 15 is 0 Å². The fourth-order valence-corrected chi connectivity index (χ4v) is 10.3. The number of amides is 4. The number of carbonyl (C=O) groups is 5. The van der Waals surface area contributed by atoms with Crippen molar-refractivity contribution >= 4 is 52.0 Å². The van der Waals surface area contributed by atoms with E-state index in [9.17, 15) is 29.1 Å². The summed E-state index contributed by atoms with van der Waals surface area (Å²) in [5, 5.41) is 18.3. The van der Waals surface area contributed by atoms with Crippen LogP contribution < -0.4 is 25.6 Å². The molecule has 3 saturated heterocycles. The number of ether oxygens (including phenoxy) is 1. The normalized spacial score (nSPS) is 18.3. The first kappa shape index (κ1) is 44.4. The summed E-state index contributed by atoms with van der Waals surface area (Å²) in [7, 11) is 1.88. The lowest BCUT2D eigenvalue weighted by molar-refractivity contribution is -0.135. The second-order valence-electron chi connectivity index (χ2n) is 18.1. The number of carbonyl (C=O) groups excluding carboxylic acids is 4. The van der Waals surface area contributed by atoms with Crippen molar-refractivity contribution in [3.05, 3.63) is 100 Å². The van der Waals surface area contributed by atoms with Gasteiger partial charge in [0, 0.05) is 74.9 Å². The Labute approximate surface area is 383 Å². The van der Waals surface area contributed by atoms with Crippen LogP contribution in [0.1, 0.15) is 87.7 Å². The topological polar surface area (TPSA) is 197 Å². The summed E-state index contributed by atoms with van der Waals surface area (Å²) in [5.74, 6) is -0.606. The van der Waals surface area contributed by atoms with Crippen molar-refractivity contribution in [3.63, 3.8) is 0 Å². The van der Waals surface area contributed by atoms with Crippen LogP contribution in [-0.2, 0) is 34.4 Å². The summed E-state index contributed by atoms with van der Waals surface area (Å²) in [6, 6.07) is 21.1. The smallest absolute Gasteiger partial charge is 0.355 e. The predicted molar refractivity (Wildman–Crippen MR) is 250 cm³/mol. The summed E-state index contributed by atoms with van der Waals surface area (Å²) in [5.41, 5.74) is 12.8. The Balaban J connectivity index is 0.722. The van der Waals surface area contributed by atoms with Gasteiger partial charge >= 0.3 is 5.97 Å². The van der Waals surface area contributed by atoms with Crippen LogP contribution >= 0.6 is 0 Å². The Hall–Kier alpha value is -6.81. The molecule has 1 atom stereocenters. The summed E-state index contributed by atoms with van der Waals surface area (Å²) >= 11 is 0. The molecule has 0 spiro atoms. The number of nitrogens with two attached hydrogens (primary N) is 1. The molecular weight excluding hydrogens is 839 g/mol. The third kappa shape index (κ3) is 9.19. The quantitative estimate of drug-likeness (QED) is 0.105. The van der Waals surface area contributed by atoms with Crippen LogP contribution in [0.25, 0.3) is 22.0 Å². The molecule has 4 N–H and O–H groups in total. The summed E-state index contributed by atoms with van der Waals surface area (Å²) < 4.78 is 8.10. The number of pyridine rings is 1. The van der Waals surface area contributed by atoms with E-state index in [1.165, 1.54) is 0 Å². The maximum Gasteiger partial charge on any atom is 0.355 e. The molecule has 2 aromatic heterocycles. The van der Waals surface area contributed by atoms with Crippen molar-refractivity contribution in [3.8, 4) is 16.9 Å². The van der Waals surface area contributed by atoms with Crippen LogP contribution in [0.4, 0.5) is 11.5 Å². The molecule has 4 aliphatic heterocycles. The highest BCUT2D eigenvalue weighted by Crippen LogP contribution is 2.36. The number of anilines is 2. The number of aromatic nitrogens is 3. The number of benzene rings is 3. The third-order valence-corrected chi connectivity index (χ3v) is 14.0. The van der Waals surface area contributed by atoms with E-state index in [1.54, 1.807) is 10.7 Å². The number of piperidine rings is 2. The minimum atomic E-state index is -1.12. The van der Waals surface area contributed by atoms with Crippen LogP contribution in [0, 0.1) is 12.8 Å². The van der Waals surface area contributed by atoms with Crippen LogP contribution in [0.2, 0.25) is 0 Å². The van der Waals surface area contributed by atoms with E-state index in [0.717, 1.165) is 90.7 Å². The van der Waals surface area contributed by atoms with Gasteiger partial charge in [-0.3, -0.25) is 34.1 Å². The number of nitrogens with one attached hydrogen (secondary N) is 1. The number of carboxylic acid groups (broad SMARTS) is 1. The van der Waals surface area contributed by atoms with Crippen molar-refractivity contribution in [2.75, 3.05) is 68.8 Å². The Morgan fingerprint density at radius 2 is 1.67 bits per heavy atom. The van der Waals surface area contributed by atoms with Gasteiger partial charge in [-0.05, 0) is 129 Å². The molecule has 9 rings (SSSR count). The average molecular weight is 896 g/mol. The van der Waals surface area contributed by atoms with Crippen LogP contribution in [0.15, 0.2) is 66.7 Å². The molecule has 16 nitrogen and oxygen atoms in total. The van der Waals surface area contributed by atoms with E-state index in [2.05, 4.69) is 37.3 Å². The number of aryl methyl sites for hydroxylation is 1. The third-order valence-electron chi connectivity index (χ3n) is 14.0. The molecule has 0 aliphatic carbocycles. The first-order chi connectivity index (χ1) is 31.9. The highest BCUT2D eigenvalue weighted by Gasteiger charge is 2.33. The largest absolute Gasteiger partial charge is 0.493 e. The molecule has 5 aromatic rings. The maximum atomic E-state index is 13.4. The summed E-state index contributed by atoms with van der Waals surface area (Å²) in [6.07, 6.45) is 5.44. The number of primary amides is 1. The monoisotopic (exact) mass is 895 g/mol. The van der Waals surface area contributed by atoms with Crippen LogP contribution in [-0.4, -0.2) is 118 Å². The standard InChI is InChI=1S/C50H57N9O7/c1-31-35(36-13-15-43(52-47(36)50(64)65)59-22-19-33-7-3-9-37(48(51)62)40(33)29-59)8-4-10-42(31)66-27-5-6-32-17-20-56(21-18-32)30-45(61)58-25-23-57(24-26-58)34-11-12-38-41(28-34)55(2)54-46(38)39-14-16-44(60)53-49(39)63/h3-4,7-13,15,28,32,39H,5-6,14,16-27,29-30H2,1-2H3,(H2,51,62)(H,64,65)(H,53,60,63). The van der Waals surface area contributed by atoms with Gasteiger partial charge in [-0.15, -0.1) is 0 Å². The molecule has 66 heavy (non-hydrogen) atoms. The average Bonchev–Trinajstić information content (AvgIpc) is 3.65. The Kier molecular flexibility index (Phi) is 12.8. The van der Waals surface area contributed by atoms with Crippen LogP contribution in [0.3, 0.4) is 0 Å². The van der Waals surface area contributed by atoms with Gasteiger partial charge in [-0.25, -0.2) is 9.78 Å². The number of hydrogen-bond donors (Lipinski definition) is 3. The molecule has 4 amide bonds. The molecule has 344 valence electrons. The molecule has 4 aliphatic rings. The van der Waals surface area contributed by atoms with Gasteiger partial charge in [0.15, 0.2) is 5.69 Å². The van der Waals surface area contributed by atoms with Crippen molar-refractivity contribution in [1.82, 2.24) is 29.9 Å². The number of carboxylic acids is 1. The fourth-order valence-electron chi connectivity index (χ4n) is 10.3. The van der Waals surface area contributed by atoms with Gasteiger partial charge in [0.05, 0.1) is 30.3 Å². The van der Waals surface area contributed by atoms with Gasteiger partial charge in [-0.2, -0.15) is 5.10 Å². The number of nitrogens with zero attached hydrogens (tertiary/aromatic N) is 7. The Morgan fingerprint density at radius 3 is 2.42 bits per heavy atom. The zero-order chi connectivity index (χ0) is 46.1. The van der Waals surface area contributed by atoms with Crippen molar-refractivity contribution in [2.45, 2.75) is 64.3 Å². The zero-order valence-electron chi connectivity index (χ0n) is 37.6. The molecule has 3 fully saturated rings. The minimum absolute atomic E-state index is 0.0434. The highest BCUT2D eigenvalue weighted by atomic mass is 16.5. The SMILES string of the molecule is Cc1c(OCCCC2CCN(CC(=O)N3CCN(c4ccc5c(C6CCC(=O)NC6=O)nn(C)c5c4)CC3)CC2)cccc1-c1ccc(N2CCc3cccc(C(N)=O)c3C2)nc1C(=O)O. The number of likely N-dealkylation sites (tertiary alicyclic amines) is 1. The first-order valence-corrected chi connectivity index (χ1v) is 23.1. The van der Waals surface area contributed by atoms with Crippen molar-refractivity contribution < 1.29 is 33.8 Å². The van der Waals surface area contributed by atoms with Gasteiger partial charge in [0.25, 0.3) is 0 Å². The van der Waals surface area contributed by atoms with Gasteiger partial charge in [0.2, 0.25) is 23.6 Å². The van der Waals surface area contributed by atoms with Crippen LogP contribution in [0.5, 0.6) is 5.75 Å². The number of piperazine rings is 1. The second-order valence-corrected chi connectivity index (χ2v) is 18.1. The van der Waals surface area contributed by atoms with Gasteiger partial charge < -0.3 is 30.3 Å². The first-order valence-electron chi connectivity index (χ1n) is 23.1. The molecule has 6 heterocycles. The van der Waals surface area contributed by atoms with E-state index in [0.29, 0.717) is 92.9 Å². The number of fused-ring (bicyclic) bond motifs is 2. The molecule has 3 aromatic carbocycles. The molecular formula is C50H57N9O7. The summed E-state index contributed by atoms with van der Waals surface area (Å²) in [4.78, 5) is 75.6.